The molecule has 104 valence electrons. The number of carbonyl (C=O) groups is 1. The molecule has 2 N–H and O–H groups in total. The molecular weight excluding hydrogens is 267 g/mol. The summed E-state index contributed by atoms with van der Waals surface area (Å²) < 4.78 is 13.0. The third kappa shape index (κ3) is 4.48. The third-order valence-corrected chi connectivity index (χ3v) is 3.65. The lowest BCUT2D eigenvalue weighted by molar-refractivity contribution is -0.121. The van der Waals surface area contributed by atoms with E-state index in [2.05, 4.69) is 10.6 Å². The molecule has 1 saturated heterocycles. The first-order valence-corrected chi connectivity index (χ1v) is 6.97. The number of amides is 1. The van der Waals surface area contributed by atoms with Crippen LogP contribution in [0.2, 0.25) is 5.02 Å². The van der Waals surface area contributed by atoms with Gasteiger partial charge in [-0.2, -0.15) is 0 Å². The van der Waals surface area contributed by atoms with Gasteiger partial charge in [-0.15, -0.1) is 0 Å². The molecule has 0 aromatic heterocycles. The second kappa shape index (κ2) is 6.87. The number of nitrogens with one attached hydrogen (secondary N) is 2. The highest BCUT2D eigenvalue weighted by atomic mass is 35.5. The summed E-state index contributed by atoms with van der Waals surface area (Å²) in [6.07, 6.45) is 3.74. The lowest BCUT2D eigenvalue weighted by Crippen LogP contribution is -2.27. The fourth-order valence-corrected chi connectivity index (χ4v) is 2.45. The predicted molar refractivity (Wildman–Crippen MR) is 73.5 cm³/mol. The molecular formula is C14H18ClFN2O. The van der Waals surface area contributed by atoms with E-state index < -0.39 is 5.82 Å². The number of rotatable bonds is 5. The highest BCUT2D eigenvalue weighted by Crippen LogP contribution is 2.16. The van der Waals surface area contributed by atoms with Gasteiger partial charge < -0.3 is 10.6 Å². The maximum Gasteiger partial charge on any atom is 0.220 e. The van der Waals surface area contributed by atoms with Crippen LogP contribution in [0.4, 0.5) is 4.39 Å². The van der Waals surface area contributed by atoms with Crippen LogP contribution in [0.25, 0.3) is 0 Å². The number of carbonyl (C=O) groups excluding carboxylic acids is 1. The molecule has 3 nitrogen and oxygen atoms in total. The zero-order valence-corrected chi connectivity index (χ0v) is 11.5. The van der Waals surface area contributed by atoms with Crippen LogP contribution in [0, 0.1) is 5.82 Å². The van der Waals surface area contributed by atoms with Crippen molar-refractivity contribution in [3.05, 3.63) is 34.6 Å². The quantitative estimate of drug-likeness (QED) is 0.873. The summed E-state index contributed by atoms with van der Waals surface area (Å²) in [6.45, 7) is 1.44. The van der Waals surface area contributed by atoms with Gasteiger partial charge in [0.2, 0.25) is 5.91 Å². The van der Waals surface area contributed by atoms with Crippen LogP contribution in [0.5, 0.6) is 0 Å². The summed E-state index contributed by atoms with van der Waals surface area (Å²) in [5.41, 5.74) is 0.804. The van der Waals surface area contributed by atoms with E-state index in [0.717, 1.165) is 24.9 Å². The van der Waals surface area contributed by atoms with E-state index >= 15 is 0 Å². The van der Waals surface area contributed by atoms with Gasteiger partial charge in [-0.25, -0.2) is 4.39 Å². The summed E-state index contributed by atoms with van der Waals surface area (Å²) in [7, 11) is 0. The Bertz CT molecular complexity index is 447. The third-order valence-electron chi connectivity index (χ3n) is 3.36. The summed E-state index contributed by atoms with van der Waals surface area (Å²) >= 11 is 5.68. The van der Waals surface area contributed by atoms with Gasteiger partial charge in [0.1, 0.15) is 5.82 Å². The zero-order valence-electron chi connectivity index (χ0n) is 10.7. The van der Waals surface area contributed by atoms with E-state index in [-0.39, 0.29) is 10.9 Å². The van der Waals surface area contributed by atoms with E-state index in [0.29, 0.717) is 19.0 Å². The van der Waals surface area contributed by atoms with Crippen molar-refractivity contribution in [2.24, 2.45) is 0 Å². The molecule has 1 unspecified atom stereocenters. The molecule has 1 aliphatic rings. The number of benzene rings is 1. The lowest BCUT2D eigenvalue weighted by atomic mass is 10.1. The Kier molecular flexibility index (Phi) is 5.16. The van der Waals surface area contributed by atoms with Crippen LogP contribution < -0.4 is 10.6 Å². The largest absolute Gasteiger partial charge is 0.352 e. The van der Waals surface area contributed by atoms with Crippen LogP contribution in [0.1, 0.15) is 31.2 Å². The predicted octanol–water partition coefficient (Wildman–Crippen LogP) is 2.63. The second-order valence-corrected chi connectivity index (χ2v) is 5.26. The molecule has 1 fully saturated rings. The molecule has 1 atom stereocenters. The molecule has 0 bridgehead atoms. The molecule has 1 aromatic rings. The van der Waals surface area contributed by atoms with Crippen molar-refractivity contribution in [1.82, 2.24) is 10.6 Å². The average Bonchev–Trinajstić information content (AvgIpc) is 2.91. The van der Waals surface area contributed by atoms with E-state index in [4.69, 9.17) is 11.6 Å². The first-order valence-electron chi connectivity index (χ1n) is 6.59. The molecule has 1 heterocycles. The average molecular weight is 285 g/mol. The fraction of sp³-hybridized carbons (Fsp3) is 0.500. The summed E-state index contributed by atoms with van der Waals surface area (Å²) in [5, 5.41) is 6.27. The molecule has 19 heavy (non-hydrogen) atoms. The highest BCUT2D eigenvalue weighted by Gasteiger charge is 2.15. The molecule has 0 saturated carbocycles. The number of hydrogen-bond donors (Lipinski definition) is 2. The number of halogens is 2. The second-order valence-electron chi connectivity index (χ2n) is 4.86. The van der Waals surface area contributed by atoms with Gasteiger partial charge in [0, 0.05) is 19.0 Å². The van der Waals surface area contributed by atoms with Crippen LogP contribution in [-0.4, -0.2) is 18.5 Å². The lowest BCUT2D eigenvalue weighted by Gasteiger charge is -2.10. The van der Waals surface area contributed by atoms with Crippen LogP contribution in [0.3, 0.4) is 0 Å². The molecule has 0 radical (unpaired) electrons. The standard InChI is InChI=1S/C14H18ClFN2O/c15-12-8-10(3-5-13(12)16)9-18-14(19)6-4-11-2-1-7-17-11/h3,5,8,11,17H,1-2,4,6-7,9H2,(H,18,19). The van der Waals surface area contributed by atoms with Crippen molar-refractivity contribution in [2.45, 2.75) is 38.3 Å². The zero-order chi connectivity index (χ0) is 13.7. The van der Waals surface area contributed by atoms with Crippen molar-refractivity contribution in [2.75, 3.05) is 6.54 Å². The van der Waals surface area contributed by atoms with Crippen molar-refractivity contribution < 1.29 is 9.18 Å². The van der Waals surface area contributed by atoms with Crippen molar-refractivity contribution in [3.63, 3.8) is 0 Å². The monoisotopic (exact) mass is 284 g/mol. The first kappa shape index (κ1) is 14.3. The SMILES string of the molecule is O=C(CCC1CCCN1)NCc1ccc(F)c(Cl)c1. The molecule has 1 aromatic carbocycles. The van der Waals surface area contributed by atoms with Crippen LogP contribution in [-0.2, 0) is 11.3 Å². The summed E-state index contributed by atoms with van der Waals surface area (Å²) in [6, 6.07) is 4.95. The summed E-state index contributed by atoms with van der Waals surface area (Å²) in [5.74, 6) is -0.418. The van der Waals surface area contributed by atoms with Gasteiger partial charge in [0.25, 0.3) is 0 Å². The molecule has 5 heteroatoms. The molecule has 2 rings (SSSR count). The topological polar surface area (TPSA) is 41.1 Å². The smallest absolute Gasteiger partial charge is 0.220 e. The van der Waals surface area contributed by atoms with E-state index in [1.807, 2.05) is 0 Å². The molecule has 0 spiro atoms. The Labute approximate surface area is 117 Å². The Morgan fingerprint density at radius 2 is 2.37 bits per heavy atom. The maximum absolute atomic E-state index is 13.0. The van der Waals surface area contributed by atoms with Crippen molar-refractivity contribution in [3.8, 4) is 0 Å². The Morgan fingerprint density at radius 3 is 3.05 bits per heavy atom. The van der Waals surface area contributed by atoms with E-state index in [1.54, 1.807) is 6.07 Å². The minimum Gasteiger partial charge on any atom is -0.352 e. The molecule has 1 aliphatic heterocycles. The van der Waals surface area contributed by atoms with E-state index in [9.17, 15) is 9.18 Å². The molecule has 1 amide bonds. The Balaban J connectivity index is 1.71. The van der Waals surface area contributed by atoms with Gasteiger partial charge >= 0.3 is 0 Å². The van der Waals surface area contributed by atoms with Crippen molar-refractivity contribution in [1.29, 1.82) is 0 Å². The van der Waals surface area contributed by atoms with Gasteiger partial charge in [-0.1, -0.05) is 17.7 Å². The van der Waals surface area contributed by atoms with Gasteiger partial charge in [0.05, 0.1) is 5.02 Å². The Hall–Kier alpha value is -1.13. The van der Waals surface area contributed by atoms with Crippen LogP contribution >= 0.6 is 11.6 Å². The summed E-state index contributed by atoms with van der Waals surface area (Å²) in [4.78, 5) is 11.7. The van der Waals surface area contributed by atoms with Gasteiger partial charge in [0.15, 0.2) is 0 Å². The van der Waals surface area contributed by atoms with Gasteiger partial charge in [-0.05, 0) is 43.5 Å². The minimum absolute atomic E-state index is 0.0224. The van der Waals surface area contributed by atoms with Crippen molar-refractivity contribution >= 4 is 17.5 Å². The molecule has 0 aliphatic carbocycles. The van der Waals surface area contributed by atoms with E-state index in [1.165, 1.54) is 18.6 Å². The van der Waals surface area contributed by atoms with Gasteiger partial charge in [-0.3, -0.25) is 4.79 Å². The van der Waals surface area contributed by atoms with Crippen LogP contribution in [0.15, 0.2) is 18.2 Å². The maximum atomic E-state index is 13.0. The number of hydrogen-bond acceptors (Lipinski definition) is 2. The fourth-order valence-electron chi connectivity index (χ4n) is 2.25. The normalized spacial score (nSPS) is 18.5. The first-order chi connectivity index (χ1) is 9.15. The highest BCUT2D eigenvalue weighted by molar-refractivity contribution is 6.30. The minimum atomic E-state index is -0.441. The Morgan fingerprint density at radius 1 is 1.53 bits per heavy atom.